The van der Waals surface area contributed by atoms with Gasteiger partial charge < -0.3 is 10.3 Å². The summed E-state index contributed by atoms with van der Waals surface area (Å²) in [6, 6.07) is 5.85. The number of aromatic amines is 2. The van der Waals surface area contributed by atoms with Crippen LogP contribution in [0.1, 0.15) is 25.8 Å². The second kappa shape index (κ2) is 9.71. The van der Waals surface area contributed by atoms with Gasteiger partial charge in [0.05, 0.1) is 22.6 Å². The largest absolute Gasteiger partial charge is 0.335 e. The maximum absolute atomic E-state index is 11.7. The van der Waals surface area contributed by atoms with Gasteiger partial charge >= 0.3 is 0 Å². The van der Waals surface area contributed by atoms with E-state index in [1.54, 1.807) is 44.0 Å². The number of H-pyrrole nitrogens is 2. The molecule has 0 aromatic carbocycles. The average molecular weight is 478 g/mol. The number of amides is 1. The van der Waals surface area contributed by atoms with Crippen molar-refractivity contribution in [3.05, 3.63) is 72.7 Å². The summed E-state index contributed by atoms with van der Waals surface area (Å²) < 4.78 is 0. The Kier molecular flexibility index (Phi) is 6.14. The van der Waals surface area contributed by atoms with Gasteiger partial charge in [-0.15, -0.1) is 0 Å². The fourth-order valence-electron chi connectivity index (χ4n) is 3.75. The minimum atomic E-state index is -0.126. The van der Waals surface area contributed by atoms with Crippen molar-refractivity contribution in [2.45, 2.75) is 20.3 Å². The highest BCUT2D eigenvalue weighted by Crippen LogP contribution is 2.31. The lowest BCUT2D eigenvalue weighted by Crippen LogP contribution is -2.20. The maximum atomic E-state index is 11.7. The smallest absolute Gasteiger partial charge is 0.225 e. The lowest BCUT2D eigenvalue weighted by Gasteiger charge is -2.03. The van der Waals surface area contributed by atoms with Crippen LogP contribution >= 0.6 is 0 Å². The van der Waals surface area contributed by atoms with Crippen LogP contribution in [0.25, 0.3) is 50.3 Å². The average Bonchev–Trinajstić information content (AvgIpc) is 3.54. The summed E-state index contributed by atoms with van der Waals surface area (Å²) in [5, 5.41) is 11.0. The zero-order valence-electron chi connectivity index (χ0n) is 19.8. The molecular formula is C26H23N9O. The molecule has 0 saturated heterocycles. The summed E-state index contributed by atoms with van der Waals surface area (Å²) in [6.07, 6.45) is 12.7. The second-order valence-electron chi connectivity index (χ2n) is 8.06. The Morgan fingerprint density at radius 3 is 2.78 bits per heavy atom. The molecule has 0 saturated carbocycles. The van der Waals surface area contributed by atoms with Gasteiger partial charge in [-0.2, -0.15) is 5.10 Å². The Morgan fingerprint density at radius 2 is 2.00 bits per heavy atom. The molecule has 1 amide bonds. The van der Waals surface area contributed by atoms with Crippen LogP contribution in [-0.4, -0.2) is 47.7 Å². The Hall–Kier alpha value is -4.99. The molecule has 0 aliphatic carbocycles. The SMILES string of the molecule is C=N/C(=C\C=C(/C)c1cnc2[nH]nc(-c3nc4c(-c5ccncc5)cncc4[nH]3)c2c1)NC(=O)CC. The van der Waals surface area contributed by atoms with Crippen molar-refractivity contribution in [2.24, 2.45) is 4.99 Å². The molecule has 0 bridgehead atoms. The first kappa shape index (κ1) is 22.8. The van der Waals surface area contributed by atoms with Crippen molar-refractivity contribution < 1.29 is 4.79 Å². The van der Waals surface area contributed by atoms with E-state index in [0.29, 0.717) is 29.4 Å². The van der Waals surface area contributed by atoms with E-state index in [-0.39, 0.29) is 5.91 Å². The van der Waals surface area contributed by atoms with Gasteiger partial charge in [0.2, 0.25) is 5.91 Å². The van der Waals surface area contributed by atoms with Crippen LogP contribution in [0.3, 0.4) is 0 Å². The van der Waals surface area contributed by atoms with E-state index in [2.05, 4.69) is 47.2 Å². The highest BCUT2D eigenvalue weighted by molar-refractivity contribution is 5.96. The fourth-order valence-corrected chi connectivity index (χ4v) is 3.75. The highest BCUT2D eigenvalue weighted by atomic mass is 16.1. The Labute approximate surface area is 206 Å². The third-order valence-corrected chi connectivity index (χ3v) is 5.73. The van der Waals surface area contributed by atoms with Gasteiger partial charge in [0.25, 0.3) is 0 Å². The summed E-state index contributed by atoms with van der Waals surface area (Å²) in [7, 11) is 0. The van der Waals surface area contributed by atoms with Crippen molar-refractivity contribution in [1.29, 1.82) is 0 Å². The molecule has 0 aliphatic rings. The van der Waals surface area contributed by atoms with Gasteiger partial charge in [-0.05, 0) is 54.6 Å². The lowest BCUT2D eigenvalue weighted by atomic mass is 10.1. The molecular weight excluding hydrogens is 454 g/mol. The predicted molar refractivity (Wildman–Crippen MR) is 140 cm³/mol. The van der Waals surface area contributed by atoms with Crippen LogP contribution in [0.4, 0.5) is 0 Å². The number of nitrogens with one attached hydrogen (secondary N) is 3. The van der Waals surface area contributed by atoms with E-state index in [1.807, 2.05) is 31.2 Å². The number of aromatic nitrogens is 7. The Bertz CT molecular complexity index is 1640. The van der Waals surface area contributed by atoms with Gasteiger partial charge in [-0.25, -0.2) is 15.0 Å². The molecule has 10 heteroatoms. The normalized spacial score (nSPS) is 12.3. The first-order chi connectivity index (χ1) is 17.6. The summed E-state index contributed by atoms with van der Waals surface area (Å²) in [6.45, 7) is 7.25. The number of hydrogen-bond donors (Lipinski definition) is 3. The summed E-state index contributed by atoms with van der Waals surface area (Å²) in [4.78, 5) is 36.7. The molecule has 178 valence electrons. The van der Waals surface area contributed by atoms with Crippen LogP contribution in [0, 0.1) is 0 Å². The fraction of sp³-hybridized carbons (Fsp3) is 0.115. The van der Waals surface area contributed by atoms with Gasteiger partial charge in [0.15, 0.2) is 11.5 Å². The van der Waals surface area contributed by atoms with E-state index < -0.39 is 0 Å². The summed E-state index contributed by atoms with van der Waals surface area (Å²) in [5.41, 5.74) is 6.61. The molecule has 36 heavy (non-hydrogen) atoms. The molecule has 3 N–H and O–H groups in total. The van der Waals surface area contributed by atoms with Crippen LogP contribution in [0.15, 0.2) is 72.1 Å². The molecule has 0 aliphatic heterocycles. The van der Waals surface area contributed by atoms with Crippen molar-refractivity contribution >= 4 is 40.3 Å². The quantitative estimate of drug-likeness (QED) is 0.234. The number of allylic oxidation sites excluding steroid dienone is 3. The minimum Gasteiger partial charge on any atom is -0.335 e. The molecule has 5 aromatic heterocycles. The maximum Gasteiger partial charge on any atom is 0.225 e. The van der Waals surface area contributed by atoms with Crippen molar-refractivity contribution in [1.82, 2.24) is 40.4 Å². The number of aliphatic imine (C=N–C) groups is 1. The predicted octanol–water partition coefficient (Wildman–Crippen LogP) is 4.43. The molecule has 0 spiro atoms. The second-order valence-corrected chi connectivity index (χ2v) is 8.06. The molecule has 0 atom stereocenters. The summed E-state index contributed by atoms with van der Waals surface area (Å²) in [5.74, 6) is 0.875. The van der Waals surface area contributed by atoms with Crippen LogP contribution in [0.5, 0.6) is 0 Å². The van der Waals surface area contributed by atoms with Crippen LogP contribution < -0.4 is 5.32 Å². The van der Waals surface area contributed by atoms with Gasteiger partial charge in [-0.1, -0.05) is 13.0 Å². The van der Waals surface area contributed by atoms with E-state index in [4.69, 9.17) is 4.98 Å². The number of fused-ring (bicyclic) bond motifs is 2. The van der Waals surface area contributed by atoms with Crippen molar-refractivity contribution in [3.63, 3.8) is 0 Å². The third-order valence-electron chi connectivity index (χ3n) is 5.73. The van der Waals surface area contributed by atoms with E-state index in [0.717, 1.165) is 38.7 Å². The Morgan fingerprint density at radius 1 is 1.17 bits per heavy atom. The van der Waals surface area contributed by atoms with Gasteiger partial charge in [-0.3, -0.25) is 19.9 Å². The third kappa shape index (κ3) is 4.39. The zero-order chi connectivity index (χ0) is 25.1. The molecule has 0 fully saturated rings. The number of pyridine rings is 3. The molecule has 5 rings (SSSR count). The van der Waals surface area contributed by atoms with Crippen LogP contribution in [0.2, 0.25) is 0 Å². The van der Waals surface area contributed by atoms with Gasteiger partial charge in [0.1, 0.15) is 11.5 Å². The molecule has 0 radical (unpaired) electrons. The van der Waals surface area contributed by atoms with Gasteiger partial charge in [0, 0.05) is 36.8 Å². The highest BCUT2D eigenvalue weighted by Gasteiger charge is 2.16. The Balaban J connectivity index is 1.53. The monoisotopic (exact) mass is 477 g/mol. The molecule has 10 nitrogen and oxygen atoms in total. The van der Waals surface area contributed by atoms with Crippen LogP contribution in [-0.2, 0) is 4.79 Å². The minimum absolute atomic E-state index is 0.126. The zero-order valence-corrected chi connectivity index (χ0v) is 19.8. The number of nitrogens with zero attached hydrogens (tertiary/aromatic N) is 6. The topological polar surface area (TPSA) is 137 Å². The standard InChI is InChI=1S/C26H23N9O/c1-4-22(36)32-21(27-3)6-5-15(2)17-11-18-24(34-35-25(18)30-12-17)26-31-20-14-29-13-19(23(20)33-26)16-7-9-28-10-8-16/h5-14H,3-4H2,1-2H3,(H,31,33)(H,32,36)(H,30,34,35)/b15-5+,21-6+. The van der Waals surface area contributed by atoms with E-state index >= 15 is 0 Å². The number of imidazole rings is 1. The molecule has 5 aromatic rings. The number of carbonyl (C=O) groups excluding carboxylic acids is 1. The number of carbonyl (C=O) groups is 1. The lowest BCUT2D eigenvalue weighted by molar-refractivity contribution is -0.120. The van der Waals surface area contributed by atoms with E-state index in [1.165, 1.54) is 0 Å². The first-order valence-electron chi connectivity index (χ1n) is 11.3. The first-order valence-corrected chi connectivity index (χ1v) is 11.3. The van der Waals surface area contributed by atoms with Crippen molar-refractivity contribution in [3.8, 4) is 22.6 Å². The number of rotatable bonds is 7. The van der Waals surface area contributed by atoms with E-state index in [9.17, 15) is 4.79 Å². The van der Waals surface area contributed by atoms with Crippen molar-refractivity contribution in [2.75, 3.05) is 0 Å². The summed E-state index contributed by atoms with van der Waals surface area (Å²) >= 11 is 0. The molecule has 5 heterocycles. The molecule has 0 unspecified atom stereocenters. The number of hydrogen-bond acceptors (Lipinski definition) is 7.